The van der Waals surface area contributed by atoms with Gasteiger partial charge in [-0.15, -0.1) is 0 Å². The van der Waals surface area contributed by atoms with Crippen molar-refractivity contribution in [3.8, 4) is 0 Å². The van der Waals surface area contributed by atoms with Crippen LogP contribution in [0.5, 0.6) is 0 Å². The van der Waals surface area contributed by atoms with E-state index >= 15 is 0 Å². The highest BCUT2D eigenvalue weighted by Crippen LogP contribution is 2.28. The van der Waals surface area contributed by atoms with E-state index in [0.717, 1.165) is 5.69 Å². The fraction of sp³-hybridized carbons (Fsp3) is 0.600. The quantitative estimate of drug-likeness (QED) is 0.863. The normalized spacial score (nSPS) is 18.1. The Balaban J connectivity index is 2.22. The number of rotatable bonds is 1. The number of nitrogens with one attached hydrogen (secondary N) is 1. The van der Waals surface area contributed by atoms with E-state index < -0.39 is 5.60 Å². The molecule has 0 unspecified atom stereocenters. The van der Waals surface area contributed by atoms with Crippen molar-refractivity contribution < 1.29 is 14.3 Å². The maximum absolute atomic E-state index is 12.2. The smallest absolute Gasteiger partial charge is 0.410 e. The van der Waals surface area contributed by atoms with E-state index in [1.165, 1.54) is 0 Å². The van der Waals surface area contributed by atoms with Gasteiger partial charge in [-0.2, -0.15) is 0 Å². The zero-order valence-corrected chi connectivity index (χ0v) is 13.3. The lowest BCUT2D eigenvalue weighted by Gasteiger charge is -2.36. The van der Waals surface area contributed by atoms with Crippen molar-refractivity contribution in [3.05, 3.63) is 23.5 Å². The minimum absolute atomic E-state index is 0.112. The lowest BCUT2D eigenvalue weighted by Crippen LogP contribution is -2.44. The summed E-state index contributed by atoms with van der Waals surface area (Å²) in [7, 11) is 1.61. The number of aromatic nitrogens is 1. The van der Waals surface area contributed by atoms with Gasteiger partial charge in [-0.25, -0.2) is 4.79 Å². The van der Waals surface area contributed by atoms with Crippen LogP contribution in [0.3, 0.4) is 0 Å². The Morgan fingerprint density at radius 2 is 1.95 bits per heavy atom. The molecule has 1 aliphatic heterocycles. The fourth-order valence-electron chi connectivity index (χ4n) is 2.56. The molecule has 2 heterocycles. The third-order valence-electron chi connectivity index (χ3n) is 3.56. The third-order valence-corrected chi connectivity index (χ3v) is 3.56. The highest BCUT2D eigenvalue weighted by molar-refractivity contribution is 5.92. The molecule has 1 N–H and O–H groups in total. The minimum atomic E-state index is -0.510. The second-order valence-corrected chi connectivity index (χ2v) is 6.22. The third kappa shape index (κ3) is 3.04. The van der Waals surface area contributed by atoms with Crippen LogP contribution in [0.2, 0.25) is 0 Å². The number of hydrogen-bond donors (Lipinski definition) is 1. The summed E-state index contributed by atoms with van der Waals surface area (Å²) in [5.74, 6) is -0.112. The van der Waals surface area contributed by atoms with Gasteiger partial charge in [-0.3, -0.25) is 9.69 Å². The molecule has 0 aromatic carbocycles. The Labute approximate surface area is 125 Å². The van der Waals surface area contributed by atoms with Gasteiger partial charge in [-0.05, 0) is 39.8 Å². The number of fused-ring (bicyclic) bond motifs is 1. The molecule has 0 saturated heterocycles. The zero-order chi connectivity index (χ0) is 15.8. The first-order chi connectivity index (χ1) is 9.74. The van der Waals surface area contributed by atoms with E-state index in [-0.39, 0.29) is 18.0 Å². The molecule has 0 saturated carbocycles. The summed E-state index contributed by atoms with van der Waals surface area (Å²) in [5.41, 5.74) is 1.07. The Morgan fingerprint density at radius 3 is 2.52 bits per heavy atom. The minimum Gasteiger partial charge on any atom is -0.444 e. The molecule has 1 aromatic heterocycles. The molecule has 6 heteroatoms. The second-order valence-electron chi connectivity index (χ2n) is 6.22. The Kier molecular flexibility index (Phi) is 3.98. The van der Waals surface area contributed by atoms with Gasteiger partial charge in [0.15, 0.2) is 0 Å². The number of hydrogen-bond acceptors (Lipinski definition) is 3. The van der Waals surface area contributed by atoms with Gasteiger partial charge in [-0.1, -0.05) is 0 Å². The monoisotopic (exact) mass is 293 g/mol. The molecule has 1 atom stereocenters. The van der Waals surface area contributed by atoms with Crippen LogP contribution >= 0.6 is 0 Å². The molecule has 2 rings (SSSR count). The average Bonchev–Trinajstić information content (AvgIpc) is 2.80. The highest BCUT2D eigenvalue weighted by atomic mass is 16.6. The van der Waals surface area contributed by atoms with Crippen LogP contribution in [-0.4, -0.2) is 40.7 Å². The van der Waals surface area contributed by atoms with Gasteiger partial charge < -0.3 is 14.6 Å². The first-order valence-corrected chi connectivity index (χ1v) is 7.15. The fourth-order valence-corrected chi connectivity index (χ4v) is 2.56. The van der Waals surface area contributed by atoms with Crippen molar-refractivity contribution in [1.82, 2.24) is 14.8 Å². The Morgan fingerprint density at radius 1 is 1.29 bits per heavy atom. The van der Waals surface area contributed by atoms with Crippen LogP contribution in [0.4, 0.5) is 4.79 Å². The van der Waals surface area contributed by atoms with Gasteiger partial charge in [0.1, 0.15) is 11.3 Å². The lowest BCUT2D eigenvalue weighted by atomic mass is 10.1. The molecule has 0 spiro atoms. The van der Waals surface area contributed by atoms with Gasteiger partial charge in [0.2, 0.25) is 0 Å². The number of nitrogens with zero attached hydrogens (tertiary/aromatic N) is 2. The largest absolute Gasteiger partial charge is 0.444 e. The van der Waals surface area contributed by atoms with Crippen molar-refractivity contribution in [2.24, 2.45) is 0 Å². The van der Waals surface area contributed by atoms with Gasteiger partial charge >= 0.3 is 6.09 Å². The summed E-state index contributed by atoms with van der Waals surface area (Å²) >= 11 is 0. The van der Waals surface area contributed by atoms with Gasteiger partial charge in [0.05, 0.1) is 6.04 Å². The van der Waals surface area contributed by atoms with Gasteiger partial charge in [0, 0.05) is 25.8 Å². The van der Waals surface area contributed by atoms with Crippen LogP contribution in [0.25, 0.3) is 0 Å². The number of carbonyl (C=O) groups is 2. The van der Waals surface area contributed by atoms with Crippen LogP contribution in [0.1, 0.15) is 49.9 Å². The van der Waals surface area contributed by atoms with Crippen molar-refractivity contribution in [3.63, 3.8) is 0 Å². The van der Waals surface area contributed by atoms with E-state index in [2.05, 4.69) is 5.32 Å². The van der Waals surface area contributed by atoms with Crippen LogP contribution in [0.15, 0.2) is 12.1 Å². The molecule has 116 valence electrons. The summed E-state index contributed by atoms with van der Waals surface area (Å²) in [6.07, 6.45) is -0.316. The molecular weight excluding hydrogens is 270 g/mol. The topological polar surface area (TPSA) is 63.6 Å². The van der Waals surface area contributed by atoms with E-state index in [1.807, 2.05) is 38.3 Å². The van der Waals surface area contributed by atoms with Crippen molar-refractivity contribution in [2.75, 3.05) is 13.6 Å². The summed E-state index contributed by atoms with van der Waals surface area (Å²) < 4.78 is 7.40. The van der Waals surface area contributed by atoms with Gasteiger partial charge in [0.25, 0.3) is 5.91 Å². The molecule has 2 amide bonds. The molecule has 0 radical (unpaired) electrons. The molecule has 1 aliphatic rings. The molecule has 21 heavy (non-hydrogen) atoms. The predicted octanol–water partition coefficient (Wildman–Crippen LogP) is 2.16. The summed E-state index contributed by atoms with van der Waals surface area (Å²) in [5, 5.41) is 2.63. The van der Waals surface area contributed by atoms with Crippen LogP contribution < -0.4 is 5.32 Å². The lowest BCUT2D eigenvalue weighted by molar-refractivity contribution is 0.0126. The summed E-state index contributed by atoms with van der Waals surface area (Å²) in [6.45, 7) is 8.63. The zero-order valence-electron chi connectivity index (χ0n) is 13.3. The maximum atomic E-state index is 12.2. The Hall–Kier alpha value is -1.98. The van der Waals surface area contributed by atoms with Crippen LogP contribution in [0, 0.1) is 0 Å². The SMILES string of the molecule is CNC(=O)c1ccc2n1CCN(C(=O)OC(C)(C)C)[C@@H]2C. The average molecular weight is 293 g/mol. The second kappa shape index (κ2) is 5.42. The highest BCUT2D eigenvalue weighted by Gasteiger charge is 2.32. The van der Waals surface area contributed by atoms with Crippen molar-refractivity contribution >= 4 is 12.0 Å². The standard InChI is InChI=1S/C15H23N3O3/c1-10-11-6-7-12(13(19)16-5)18(11)9-8-17(10)14(20)21-15(2,3)4/h6-7,10H,8-9H2,1-5H3,(H,16,19)/t10-/m1/s1. The predicted molar refractivity (Wildman–Crippen MR) is 79.2 cm³/mol. The van der Waals surface area contributed by atoms with E-state index in [1.54, 1.807) is 18.0 Å². The van der Waals surface area contributed by atoms with Crippen molar-refractivity contribution in [1.29, 1.82) is 0 Å². The first kappa shape index (κ1) is 15.4. The summed E-state index contributed by atoms with van der Waals surface area (Å²) in [4.78, 5) is 25.8. The molecular formula is C15H23N3O3. The molecule has 0 aliphatic carbocycles. The number of carbonyl (C=O) groups excluding carboxylic acids is 2. The number of amides is 2. The molecule has 0 bridgehead atoms. The first-order valence-electron chi connectivity index (χ1n) is 7.15. The molecule has 6 nitrogen and oxygen atoms in total. The van der Waals surface area contributed by atoms with E-state index in [4.69, 9.17) is 4.74 Å². The summed E-state index contributed by atoms with van der Waals surface area (Å²) in [6, 6.07) is 3.57. The molecule has 1 aromatic rings. The maximum Gasteiger partial charge on any atom is 0.410 e. The van der Waals surface area contributed by atoms with Crippen molar-refractivity contribution in [2.45, 2.75) is 45.9 Å². The molecule has 0 fully saturated rings. The van der Waals surface area contributed by atoms with E-state index in [9.17, 15) is 9.59 Å². The van der Waals surface area contributed by atoms with E-state index in [0.29, 0.717) is 18.8 Å². The van der Waals surface area contributed by atoms with Crippen LogP contribution in [-0.2, 0) is 11.3 Å². The number of ether oxygens (including phenoxy) is 1. The Bertz CT molecular complexity index is 557.